The third-order valence-corrected chi connectivity index (χ3v) is 3.67. The van der Waals surface area contributed by atoms with E-state index < -0.39 is 17.9 Å². The number of nitrogens with one attached hydrogen (secondary N) is 1. The first-order valence-corrected chi connectivity index (χ1v) is 7.83. The van der Waals surface area contributed by atoms with E-state index in [0.717, 1.165) is 0 Å². The second kappa shape index (κ2) is 7.81. The highest BCUT2D eigenvalue weighted by molar-refractivity contribution is 6.31. The SMILES string of the molecule is CC(=O)c1ccc(NC(=O)[C@@H](C)Oc2ccc(Cl)cc2C(N)=O)cc1. The third kappa shape index (κ3) is 4.81. The monoisotopic (exact) mass is 360 g/mol. The Balaban J connectivity index is 2.08. The quantitative estimate of drug-likeness (QED) is 0.773. The maximum atomic E-state index is 12.2. The summed E-state index contributed by atoms with van der Waals surface area (Å²) in [5.74, 6) is -1.01. The van der Waals surface area contributed by atoms with Gasteiger partial charge in [0.05, 0.1) is 5.56 Å². The fourth-order valence-corrected chi connectivity index (χ4v) is 2.25. The molecule has 2 rings (SSSR count). The molecule has 0 bridgehead atoms. The molecule has 2 amide bonds. The molecule has 0 saturated carbocycles. The van der Waals surface area contributed by atoms with E-state index in [-0.39, 0.29) is 17.1 Å². The highest BCUT2D eigenvalue weighted by Crippen LogP contribution is 2.24. The summed E-state index contributed by atoms with van der Waals surface area (Å²) in [4.78, 5) is 34.9. The average molecular weight is 361 g/mol. The summed E-state index contributed by atoms with van der Waals surface area (Å²) < 4.78 is 5.53. The van der Waals surface area contributed by atoms with Crippen molar-refractivity contribution >= 4 is 34.9 Å². The van der Waals surface area contributed by atoms with E-state index in [0.29, 0.717) is 16.3 Å². The topological polar surface area (TPSA) is 98.5 Å². The van der Waals surface area contributed by atoms with Crippen LogP contribution in [0.5, 0.6) is 5.75 Å². The number of anilines is 1. The van der Waals surface area contributed by atoms with Gasteiger partial charge in [0.25, 0.3) is 11.8 Å². The smallest absolute Gasteiger partial charge is 0.265 e. The molecule has 130 valence electrons. The van der Waals surface area contributed by atoms with Gasteiger partial charge < -0.3 is 15.8 Å². The minimum absolute atomic E-state index is 0.0590. The lowest BCUT2D eigenvalue weighted by atomic mass is 10.1. The van der Waals surface area contributed by atoms with Crippen LogP contribution in [0.15, 0.2) is 42.5 Å². The molecular weight excluding hydrogens is 344 g/mol. The summed E-state index contributed by atoms with van der Waals surface area (Å²) in [7, 11) is 0. The van der Waals surface area contributed by atoms with Gasteiger partial charge in [-0.25, -0.2) is 0 Å². The Kier molecular flexibility index (Phi) is 5.77. The van der Waals surface area contributed by atoms with E-state index in [9.17, 15) is 14.4 Å². The predicted molar refractivity (Wildman–Crippen MR) is 95.1 cm³/mol. The van der Waals surface area contributed by atoms with E-state index in [2.05, 4.69) is 5.32 Å². The molecule has 0 saturated heterocycles. The molecule has 3 N–H and O–H groups in total. The van der Waals surface area contributed by atoms with Crippen molar-refractivity contribution < 1.29 is 19.1 Å². The number of carbonyl (C=O) groups is 3. The van der Waals surface area contributed by atoms with Crippen molar-refractivity contribution in [2.45, 2.75) is 20.0 Å². The molecule has 2 aromatic carbocycles. The van der Waals surface area contributed by atoms with Crippen LogP contribution in [0.2, 0.25) is 5.02 Å². The zero-order chi connectivity index (χ0) is 18.6. The third-order valence-electron chi connectivity index (χ3n) is 3.44. The van der Waals surface area contributed by atoms with Gasteiger partial charge in [-0.05, 0) is 56.3 Å². The lowest BCUT2D eigenvalue weighted by molar-refractivity contribution is -0.122. The minimum Gasteiger partial charge on any atom is -0.480 e. The zero-order valence-electron chi connectivity index (χ0n) is 13.7. The molecule has 0 radical (unpaired) electrons. The number of halogens is 1. The predicted octanol–water partition coefficient (Wildman–Crippen LogP) is 3.05. The number of hydrogen-bond acceptors (Lipinski definition) is 4. The van der Waals surface area contributed by atoms with Gasteiger partial charge in [0.2, 0.25) is 0 Å². The van der Waals surface area contributed by atoms with Crippen LogP contribution in [0.4, 0.5) is 5.69 Å². The largest absolute Gasteiger partial charge is 0.480 e. The van der Waals surface area contributed by atoms with Crippen molar-refractivity contribution in [2.24, 2.45) is 5.73 Å². The summed E-state index contributed by atoms with van der Waals surface area (Å²) >= 11 is 5.84. The molecule has 0 fully saturated rings. The summed E-state index contributed by atoms with van der Waals surface area (Å²) in [5, 5.41) is 3.01. The van der Waals surface area contributed by atoms with Crippen molar-refractivity contribution in [1.82, 2.24) is 0 Å². The number of rotatable bonds is 6. The highest BCUT2D eigenvalue weighted by Gasteiger charge is 2.18. The first kappa shape index (κ1) is 18.5. The molecule has 0 spiro atoms. The Hall–Kier alpha value is -2.86. The van der Waals surface area contributed by atoms with Gasteiger partial charge >= 0.3 is 0 Å². The molecule has 6 nitrogen and oxygen atoms in total. The lowest BCUT2D eigenvalue weighted by Crippen LogP contribution is -2.31. The van der Waals surface area contributed by atoms with E-state index >= 15 is 0 Å². The van der Waals surface area contributed by atoms with Crippen LogP contribution < -0.4 is 15.8 Å². The summed E-state index contributed by atoms with van der Waals surface area (Å²) in [5.41, 5.74) is 6.46. The molecule has 0 unspecified atom stereocenters. The first-order valence-electron chi connectivity index (χ1n) is 7.46. The van der Waals surface area contributed by atoms with Gasteiger partial charge in [0, 0.05) is 16.3 Å². The van der Waals surface area contributed by atoms with Crippen LogP contribution in [0.3, 0.4) is 0 Å². The van der Waals surface area contributed by atoms with Crippen molar-refractivity contribution in [3.63, 3.8) is 0 Å². The van der Waals surface area contributed by atoms with Crippen molar-refractivity contribution in [2.75, 3.05) is 5.32 Å². The Morgan fingerprint density at radius 3 is 2.32 bits per heavy atom. The van der Waals surface area contributed by atoms with Gasteiger partial charge in [0.15, 0.2) is 11.9 Å². The number of ketones is 1. The molecule has 0 aliphatic heterocycles. The van der Waals surface area contributed by atoms with E-state index in [1.807, 2.05) is 0 Å². The van der Waals surface area contributed by atoms with Gasteiger partial charge in [-0.3, -0.25) is 14.4 Å². The van der Waals surface area contributed by atoms with E-state index in [4.69, 9.17) is 22.1 Å². The second-order valence-corrected chi connectivity index (χ2v) is 5.82. The number of Topliss-reactive ketones (excluding diaryl/α,β-unsaturated/α-hetero) is 1. The molecule has 7 heteroatoms. The van der Waals surface area contributed by atoms with Crippen molar-refractivity contribution in [1.29, 1.82) is 0 Å². The highest BCUT2D eigenvalue weighted by atomic mass is 35.5. The normalized spacial score (nSPS) is 11.5. The van der Waals surface area contributed by atoms with Crippen molar-refractivity contribution in [3.05, 3.63) is 58.6 Å². The lowest BCUT2D eigenvalue weighted by Gasteiger charge is -2.16. The van der Waals surface area contributed by atoms with Gasteiger partial charge in [-0.15, -0.1) is 0 Å². The van der Waals surface area contributed by atoms with Gasteiger partial charge in [-0.1, -0.05) is 11.6 Å². The molecule has 2 aromatic rings. The molecule has 0 aliphatic rings. The second-order valence-electron chi connectivity index (χ2n) is 5.39. The maximum Gasteiger partial charge on any atom is 0.265 e. The molecule has 25 heavy (non-hydrogen) atoms. The summed E-state index contributed by atoms with van der Waals surface area (Å²) in [6.45, 7) is 3.00. The number of nitrogens with two attached hydrogens (primary N) is 1. The van der Waals surface area contributed by atoms with Gasteiger partial charge in [-0.2, -0.15) is 0 Å². The molecule has 0 aromatic heterocycles. The molecule has 0 aliphatic carbocycles. The van der Waals surface area contributed by atoms with Crippen LogP contribution in [0, 0.1) is 0 Å². The van der Waals surface area contributed by atoms with E-state index in [1.165, 1.54) is 25.1 Å². The number of amides is 2. The summed E-state index contributed by atoms with van der Waals surface area (Å²) in [6.07, 6.45) is -0.883. The molecule has 0 heterocycles. The Morgan fingerprint density at radius 2 is 1.76 bits per heavy atom. The first-order chi connectivity index (χ1) is 11.8. The fourth-order valence-electron chi connectivity index (χ4n) is 2.07. The Morgan fingerprint density at radius 1 is 1.12 bits per heavy atom. The van der Waals surface area contributed by atoms with Crippen LogP contribution in [-0.4, -0.2) is 23.7 Å². The fraction of sp³-hybridized carbons (Fsp3) is 0.167. The van der Waals surface area contributed by atoms with E-state index in [1.54, 1.807) is 31.2 Å². The van der Waals surface area contributed by atoms with Crippen LogP contribution in [0.1, 0.15) is 34.6 Å². The molecule has 1 atom stereocenters. The average Bonchev–Trinajstić information content (AvgIpc) is 2.56. The van der Waals surface area contributed by atoms with Crippen LogP contribution in [-0.2, 0) is 4.79 Å². The Labute approximate surface area is 149 Å². The number of benzene rings is 2. The Bertz CT molecular complexity index is 818. The number of carbonyl (C=O) groups excluding carboxylic acids is 3. The minimum atomic E-state index is -0.883. The standard InChI is InChI=1S/C18H17ClN2O4/c1-10(22)12-3-6-14(7-4-12)21-18(24)11(2)25-16-8-5-13(19)9-15(16)17(20)23/h3-9,11H,1-2H3,(H2,20,23)(H,21,24)/t11-/m1/s1. The maximum absolute atomic E-state index is 12.2. The summed E-state index contributed by atoms with van der Waals surface area (Å²) in [6, 6.07) is 10.9. The zero-order valence-corrected chi connectivity index (χ0v) is 14.5. The van der Waals surface area contributed by atoms with Crippen molar-refractivity contribution in [3.8, 4) is 5.75 Å². The number of ether oxygens (including phenoxy) is 1. The van der Waals surface area contributed by atoms with Gasteiger partial charge in [0.1, 0.15) is 5.75 Å². The number of primary amides is 1. The van der Waals surface area contributed by atoms with Crippen LogP contribution in [0.25, 0.3) is 0 Å². The molecular formula is C18H17ClN2O4. The number of hydrogen-bond donors (Lipinski definition) is 2. The van der Waals surface area contributed by atoms with Crippen LogP contribution >= 0.6 is 11.6 Å².